The first-order valence-corrected chi connectivity index (χ1v) is 8.21. The number of halogens is 2. The van der Waals surface area contributed by atoms with Crippen molar-refractivity contribution in [3.63, 3.8) is 0 Å². The van der Waals surface area contributed by atoms with Gasteiger partial charge in [-0.05, 0) is 42.8 Å². The van der Waals surface area contributed by atoms with E-state index in [1.54, 1.807) is 30.3 Å². The van der Waals surface area contributed by atoms with Crippen LogP contribution in [0, 0.1) is 0 Å². The Labute approximate surface area is 150 Å². The van der Waals surface area contributed by atoms with Crippen LogP contribution < -0.4 is 5.32 Å². The third-order valence-electron chi connectivity index (χ3n) is 3.67. The fourth-order valence-electron chi connectivity index (χ4n) is 2.39. The first-order chi connectivity index (χ1) is 11.5. The zero-order chi connectivity index (χ0) is 17.1. The number of benzene rings is 2. The number of amides is 1. The average Bonchev–Trinajstić information content (AvgIpc) is 3.05. The number of hydrogen-bond acceptors (Lipinski definition) is 2. The molecule has 1 heterocycles. The van der Waals surface area contributed by atoms with Gasteiger partial charge in [0.1, 0.15) is 5.76 Å². The zero-order valence-electron chi connectivity index (χ0n) is 12.9. The highest BCUT2D eigenvalue weighted by atomic mass is 35.5. The van der Waals surface area contributed by atoms with Gasteiger partial charge in [0.05, 0.1) is 11.1 Å². The molecule has 24 heavy (non-hydrogen) atoms. The summed E-state index contributed by atoms with van der Waals surface area (Å²) in [6, 6.07) is 18.1. The Bertz CT molecular complexity index is 859. The summed E-state index contributed by atoms with van der Waals surface area (Å²) < 4.78 is 5.65. The van der Waals surface area contributed by atoms with Crippen LogP contribution in [-0.4, -0.2) is 5.91 Å². The molecule has 0 spiro atoms. The van der Waals surface area contributed by atoms with Crippen molar-refractivity contribution in [2.45, 2.75) is 13.0 Å². The van der Waals surface area contributed by atoms with Crippen molar-refractivity contribution >= 4 is 29.1 Å². The quantitative estimate of drug-likeness (QED) is 0.644. The molecule has 0 aliphatic heterocycles. The molecule has 0 aliphatic carbocycles. The Balaban J connectivity index is 1.76. The summed E-state index contributed by atoms with van der Waals surface area (Å²) in [6.45, 7) is 1.92. The normalized spacial score (nSPS) is 12.0. The van der Waals surface area contributed by atoms with Crippen molar-refractivity contribution in [3.8, 4) is 11.3 Å². The van der Waals surface area contributed by atoms with Crippen LogP contribution in [-0.2, 0) is 0 Å². The van der Waals surface area contributed by atoms with Crippen molar-refractivity contribution in [1.82, 2.24) is 5.32 Å². The lowest BCUT2D eigenvalue weighted by Gasteiger charge is -2.13. The van der Waals surface area contributed by atoms with Gasteiger partial charge in [-0.25, -0.2) is 0 Å². The Morgan fingerprint density at radius 1 is 1.04 bits per heavy atom. The van der Waals surface area contributed by atoms with E-state index in [2.05, 4.69) is 5.32 Å². The van der Waals surface area contributed by atoms with E-state index in [-0.39, 0.29) is 17.7 Å². The predicted octanol–water partition coefficient (Wildman–Crippen LogP) is 5.74. The zero-order valence-corrected chi connectivity index (χ0v) is 14.4. The fraction of sp³-hybridized carbons (Fsp3) is 0.105. The minimum absolute atomic E-state index is 0.119. The average molecular weight is 360 g/mol. The molecule has 0 aliphatic rings. The molecular weight excluding hydrogens is 345 g/mol. The summed E-state index contributed by atoms with van der Waals surface area (Å²) >= 11 is 12.1. The number of carbonyl (C=O) groups is 1. The van der Waals surface area contributed by atoms with Crippen molar-refractivity contribution in [2.24, 2.45) is 0 Å². The van der Waals surface area contributed by atoms with E-state index in [1.165, 1.54) is 0 Å². The van der Waals surface area contributed by atoms with Crippen LogP contribution in [0.3, 0.4) is 0 Å². The minimum atomic E-state index is -0.275. The van der Waals surface area contributed by atoms with Crippen molar-refractivity contribution in [1.29, 1.82) is 0 Å². The van der Waals surface area contributed by atoms with Crippen LogP contribution in [0.2, 0.25) is 10.0 Å². The molecule has 0 saturated carbocycles. The topological polar surface area (TPSA) is 42.2 Å². The van der Waals surface area contributed by atoms with Crippen molar-refractivity contribution < 1.29 is 9.21 Å². The maximum absolute atomic E-state index is 12.4. The number of nitrogens with one attached hydrogen (secondary N) is 1. The second-order valence-electron chi connectivity index (χ2n) is 5.39. The Morgan fingerprint density at radius 3 is 2.50 bits per heavy atom. The van der Waals surface area contributed by atoms with Gasteiger partial charge < -0.3 is 9.73 Å². The lowest BCUT2D eigenvalue weighted by molar-refractivity contribution is 0.0912. The summed E-state index contributed by atoms with van der Waals surface area (Å²) in [5, 5.41) is 3.93. The van der Waals surface area contributed by atoms with Crippen molar-refractivity contribution in [2.75, 3.05) is 0 Å². The van der Waals surface area contributed by atoms with E-state index in [0.717, 1.165) is 5.56 Å². The van der Waals surface area contributed by atoms with Crippen LogP contribution >= 0.6 is 23.2 Å². The Morgan fingerprint density at radius 2 is 1.79 bits per heavy atom. The van der Waals surface area contributed by atoms with E-state index in [9.17, 15) is 4.79 Å². The van der Waals surface area contributed by atoms with Gasteiger partial charge >= 0.3 is 0 Å². The van der Waals surface area contributed by atoms with Gasteiger partial charge in [0.15, 0.2) is 5.76 Å². The molecule has 0 saturated heterocycles. The van der Waals surface area contributed by atoms with Gasteiger partial charge in [0.25, 0.3) is 5.91 Å². The van der Waals surface area contributed by atoms with E-state index < -0.39 is 0 Å². The molecular formula is C19H15Cl2NO2. The van der Waals surface area contributed by atoms with E-state index >= 15 is 0 Å². The first-order valence-electron chi connectivity index (χ1n) is 7.45. The molecule has 1 aromatic heterocycles. The maximum atomic E-state index is 12.4. The standard InChI is InChI=1S/C19H15Cl2NO2/c1-12(13-5-3-2-4-6-13)22-19(23)18-10-9-17(24-18)15-8-7-14(20)11-16(15)21/h2-12H,1H3,(H,22,23)/t12-/m1/s1. The van der Waals surface area contributed by atoms with Gasteiger partial charge in [-0.2, -0.15) is 0 Å². The van der Waals surface area contributed by atoms with Gasteiger partial charge in [-0.1, -0.05) is 53.5 Å². The fourth-order valence-corrected chi connectivity index (χ4v) is 2.89. The number of rotatable bonds is 4. The van der Waals surface area contributed by atoms with Gasteiger partial charge in [-0.15, -0.1) is 0 Å². The molecule has 3 aromatic rings. The molecule has 3 rings (SSSR count). The van der Waals surface area contributed by atoms with E-state index in [1.807, 2.05) is 37.3 Å². The van der Waals surface area contributed by atoms with Crippen LogP contribution in [0.4, 0.5) is 0 Å². The van der Waals surface area contributed by atoms with Crippen molar-refractivity contribution in [3.05, 3.63) is 82.0 Å². The molecule has 1 atom stereocenters. The van der Waals surface area contributed by atoms with Crippen LogP contribution in [0.1, 0.15) is 29.1 Å². The molecule has 1 N–H and O–H groups in total. The largest absolute Gasteiger partial charge is 0.451 e. The molecule has 0 radical (unpaired) electrons. The van der Waals surface area contributed by atoms with Crippen LogP contribution in [0.25, 0.3) is 11.3 Å². The summed E-state index contributed by atoms with van der Waals surface area (Å²) in [5.74, 6) is 0.482. The molecule has 122 valence electrons. The monoisotopic (exact) mass is 359 g/mol. The minimum Gasteiger partial charge on any atom is -0.451 e. The molecule has 0 unspecified atom stereocenters. The van der Waals surface area contributed by atoms with Gasteiger partial charge in [0.2, 0.25) is 0 Å². The molecule has 1 amide bonds. The maximum Gasteiger partial charge on any atom is 0.287 e. The summed E-state index contributed by atoms with van der Waals surface area (Å²) in [5.41, 5.74) is 1.72. The molecule has 5 heteroatoms. The molecule has 0 fully saturated rings. The highest BCUT2D eigenvalue weighted by molar-refractivity contribution is 6.36. The van der Waals surface area contributed by atoms with Gasteiger partial charge in [0, 0.05) is 10.6 Å². The second kappa shape index (κ2) is 7.12. The number of furan rings is 1. The predicted molar refractivity (Wildman–Crippen MR) is 96.5 cm³/mol. The number of carbonyl (C=O) groups excluding carboxylic acids is 1. The van der Waals surface area contributed by atoms with Crippen LogP contribution in [0.15, 0.2) is 65.1 Å². The third-order valence-corrected chi connectivity index (χ3v) is 4.22. The summed E-state index contributed by atoms with van der Waals surface area (Å²) in [7, 11) is 0. The SMILES string of the molecule is C[C@@H](NC(=O)c1ccc(-c2ccc(Cl)cc2Cl)o1)c1ccccc1. The van der Waals surface area contributed by atoms with E-state index in [4.69, 9.17) is 27.6 Å². The molecule has 2 aromatic carbocycles. The Hall–Kier alpha value is -2.23. The number of hydrogen-bond donors (Lipinski definition) is 1. The van der Waals surface area contributed by atoms with Gasteiger partial charge in [-0.3, -0.25) is 4.79 Å². The second-order valence-corrected chi connectivity index (χ2v) is 6.24. The Kier molecular flexibility index (Phi) is 4.93. The summed E-state index contributed by atoms with van der Waals surface area (Å²) in [4.78, 5) is 12.4. The smallest absolute Gasteiger partial charge is 0.287 e. The lowest BCUT2D eigenvalue weighted by atomic mass is 10.1. The molecule has 0 bridgehead atoms. The highest BCUT2D eigenvalue weighted by Gasteiger charge is 2.16. The summed E-state index contributed by atoms with van der Waals surface area (Å²) in [6.07, 6.45) is 0. The molecule has 3 nitrogen and oxygen atoms in total. The lowest BCUT2D eigenvalue weighted by Crippen LogP contribution is -2.26. The van der Waals surface area contributed by atoms with Crippen LogP contribution in [0.5, 0.6) is 0 Å². The highest BCUT2D eigenvalue weighted by Crippen LogP contribution is 2.31. The van der Waals surface area contributed by atoms with E-state index in [0.29, 0.717) is 21.4 Å². The first kappa shape index (κ1) is 16.6. The third kappa shape index (κ3) is 3.64.